The molecule has 1 aromatic rings. The van der Waals surface area contributed by atoms with Gasteiger partial charge in [0.25, 0.3) is 0 Å². The minimum absolute atomic E-state index is 0.157. The molecule has 0 heterocycles. The van der Waals surface area contributed by atoms with Crippen LogP contribution in [0.15, 0.2) is 30.3 Å². The van der Waals surface area contributed by atoms with Crippen LogP contribution in [-0.4, -0.2) is 30.6 Å². The van der Waals surface area contributed by atoms with Crippen molar-refractivity contribution < 1.29 is 0 Å². The number of nitrogens with one attached hydrogen (secondary N) is 1. The lowest BCUT2D eigenvalue weighted by atomic mass is 9.87. The lowest BCUT2D eigenvalue weighted by molar-refractivity contribution is 0.138. The average molecular weight is 287 g/mol. The van der Waals surface area contributed by atoms with E-state index in [-0.39, 0.29) is 5.54 Å². The number of nitrogens with zero attached hydrogens (tertiary/aromatic N) is 2. The quantitative estimate of drug-likeness (QED) is 0.795. The van der Waals surface area contributed by atoms with Gasteiger partial charge in [-0.2, -0.15) is 5.26 Å². The molecular formula is C18H29N3. The maximum absolute atomic E-state index is 9.80. The lowest BCUT2D eigenvalue weighted by Gasteiger charge is -2.37. The van der Waals surface area contributed by atoms with Crippen molar-refractivity contribution in [2.75, 3.05) is 20.1 Å². The topological polar surface area (TPSA) is 39.1 Å². The van der Waals surface area contributed by atoms with E-state index < -0.39 is 5.54 Å². The molecule has 0 amide bonds. The lowest BCUT2D eigenvalue weighted by Crippen LogP contribution is -2.47. The van der Waals surface area contributed by atoms with Crippen LogP contribution in [0, 0.1) is 11.3 Å². The molecule has 1 unspecified atom stereocenters. The van der Waals surface area contributed by atoms with Crippen LogP contribution in [-0.2, 0) is 5.54 Å². The van der Waals surface area contributed by atoms with E-state index in [1.807, 2.05) is 30.3 Å². The summed E-state index contributed by atoms with van der Waals surface area (Å²) in [5.74, 6) is 0. The Hall–Kier alpha value is -1.37. The van der Waals surface area contributed by atoms with Crippen molar-refractivity contribution in [1.82, 2.24) is 10.2 Å². The summed E-state index contributed by atoms with van der Waals surface area (Å²) in [5.41, 5.74) is 0.607. The van der Waals surface area contributed by atoms with Crippen molar-refractivity contribution in [3.63, 3.8) is 0 Å². The highest BCUT2D eigenvalue weighted by atomic mass is 15.2. The van der Waals surface area contributed by atoms with Crippen LogP contribution in [0.5, 0.6) is 0 Å². The smallest absolute Gasteiger partial charge is 0.133 e. The van der Waals surface area contributed by atoms with E-state index >= 15 is 0 Å². The normalized spacial score (nSPS) is 14.7. The third-order valence-corrected chi connectivity index (χ3v) is 4.66. The maximum atomic E-state index is 9.80. The standard InChI is InChI=1S/C18H29N3/c1-6-17(3,4)21(5)14-13-18(15-19,20-7-2)16-11-9-8-10-12-16/h8-12,20H,6-7,13-14H2,1-5H3. The van der Waals surface area contributed by atoms with Gasteiger partial charge in [0.2, 0.25) is 0 Å². The van der Waals surface area contributed by atoms with E-state index in [0.717, 1.165) is 31.5 Å². The first-order valence-electron chi connectivity index (χ1n) is 7.85. The first-order chi connectivity index (χ1) is 9.91. The molecule has 0 aliphatic carbocycles. The molecule has 0 fully saturated rings. The summed E-state index contributed by atoms with van der Waals surface area (Å²) < 4.78 is 0. The zero-order valence-corrected chi connectivity index (χ0v) is 14.1. The van der Waals surface area contributed by atoms with Crippen LogP contribution in [0.25, 0.3) is 0 Å². The average Bonchev–Trinajstić information content (AvgIpc) is 2.52. The van der Waals surface area contributed by atoms with Gasteiger partial charge in [0.15, 0.2) is 0 Å². The Balaban J connectivity index is 2.93. The van der Waals surface area contributed by atoms with Crippen LogP contribution < -0.4 is 5.32 Å². The van der Waals surface area contributed by atoms with E-state index in [9.17, 15) is 5.26 Å². The molecule has 1 aromatic carbocycles. The summed E-state index contributed by atoms with van der Waals surface area (Å²) in [4.78, 5) is 2.35. The monoisotopic (exact) mass is 287 g/mol. The van der Waals surface area contributed by atoms with Crippen molar-refractivity contribution >= 4 is 0 Å². The highest BCUT2D eigenvalue weighted by molar-refractivity contribution is 5.31. The second-order valence-electron chi connectivity index (χ2n) is 6.25. The molecular weight excluding hydrogens is 258 g/mol. The Morgan fingerprint density at radius 3 is 2.29 bits per heavy atom. The number of hydrogen-bond acceptors (Lipinski definition) is 3. The molecule has 116 valence electrons. The zero-order valence-electron chi connectivity index (χ0n) is 14.1. The molecule has 0 saturated carbocycles. The van der Waals surface area contributed by atoms with Gasteiger partial charge in [0.1, 0.15) is 5.54 Å². The second-order valence-corrected chi connectivity index (χ2v) is 6.25. The maximum Gasteiger partial charge on any atom is 0.133 e. The largest absolute Gasteiger partial charge is 0.301 e. The molecule has 1 rings (SSSR count). The third kappa shape index (κ3) is 4.30. The van der Waals surface area contributed by atoms with Gasteiger partial charge in [-0.05, 0) is 45.8 Å². The van der Waals surface area contributed by atoms with Gasteiger partial charge >= 0.3 is 0 Å². The molecule has 1 atom stereocenters. The highest BCUT2D eigenvalue weighted by Crippen LogP contribution is 2.26. The zero-order chi connectivity index (χ0) is 15.9. The van der Waals surface area contributed by atoms with Crippen LogP contribution in [0.2, 0.25) is 0 Å². The number of benzene rings is 1. The minimum Gasteiger partial charge on any atom is -0.301 e. The van der Waals surface area contributed by atoms with E-state index in [1.165, 1.54) is 0 Å². The first kappa shape index (κ1) is 17.7. The van der Waals surface area contributed by atoms with E-state index in [2.05, 4.69) is 51.0 Å². The fourth-order valence-electron chi connectivity index (χ4n) is 2.43. The number of hydrogen-bond donors (Lipinski definition) is 1. The van der Waals surface area contributed by atoms with Crippen molar-refractivity contribution in [3.8, 4) is 6.07 Å². The summed E-state index contributed by atoms with van der Waals surface area (Å²) in [6.45, 7) is 10.4. The fraction of sp³-hybridized carbons (Fsp3) is 0.611. The van der Waals surface area contributed by atoms with Gasteiger partial charge in [-0.3, -0.25) is 5.32 Å². The minimum atomic E-state index is -0.603. The highest BCUT2D eigenvalue weighted by Gasteiger charge is 2.32. The summed E-state index contributed by atoms with van der Waals surface area (Å²) in [6.07, 6.45) is 1.87. The molecule has 1 N–H and O–H groups in total. The third-order valence-electron chi connectivity index (χ3n) is 4.66. The molecule has 0 aliphatic rings. The van der Waals surface area contributed by atoms with E-state index in [0.29, 0.717) is 0 Å². The van der Waals surface area contributed by atoms with Gasteiger partial charge in [0.05, 0.1) is 6.07 Å². The van der Waals surface area contributed by atoms with Gasteiger partial charge in [-0.25, -0.2) is 0 Å². The molecule has 0 radical (unpaired) electrons. The first-order valence-corrected chi connectivity index (χ1v) is 7.85. The molecule has 0 bridgehead atoms. The summed E-state index contributed by atoms with van der Waals surface area (Å²) in [5, 5.41) is 13.2. The molecule has 0 spiro atoms. The molecule has 0 aromatic heterocycles. The Bertz CT molecular complexity index is 461. The van der Waals surface area contributed by atoms with Crippen LogP contribution in [0.1, 0.15) is 46.1 Å². The van der Waals surface area contributed by atoms with Crippen molar-refractivity contribution in [1.29, 1.82) is 5.26 Å². The van der Waals surface area contributed by atoms with Crippen molar-refractivity contribution in [3.05, 3.63) is 35.9 Å². The molecule has 21 heavy (non-hydrogen) atoms. The Kier molecular flexibility index (Phi) is 6.39. The SMILES string of the molecule is CCNC(C#N)(CCN(C)C(C)(C)CC)c1ccccc1. The predicted octanol–water partition coefficient (Wildman–Crippen LogP) is 3.53. The second kappa shape index (κ2) is 7.59. The summed E-state index contributed by atoms with van der Waals surface area (Å²) >= 11 is 0. The molecule has 3 heteroatoms. The van der Waals surface area contributed by atoms with Gasteiger partial charge in [-0.1, -0.05) is 44.2 Å². The molecule has 0 aliphatic heterocycles. The summed E-state index contributed by atoms with van der Waals surface area (Å²) in [7, 11) is 2.14. The Labute approximate surface area is 130 Å². The fourth-order valence-corrected chi connectivity index (χ4v) is 2.43. The van der Waals surface area contributed by atoms with E-state index in [1.54, 1.807) is 0 Å². The predicted molar refractivity (Wildman–Crippen MR) is 89.0 cm³/mol. The van der Waals surface area contributed by atoms with Crippen LogP contribution in [0.3, 0.4) is 0 Å². The van der Waals surface area contributed by atoms with Crippen molar-refractivity contribution in [2.24, 2.45) is 0 Å². The van der Waals surface area contributed by atoms with Crippen LogP contribution >= 0.6 is 0 Å². The Morgan fingerprint density at radius 1 is 1.19 bits per heavy atom. The van der Waals surface area contributed by atoms with E-state index in [4.69, 9.17) is 0 Å². The number of rotatable bonds is 8. The number of nitriles is 1. The Morgan fingerprint density at radius 2 is 1.81 bits per heavy atom. The van der Waals surface area contributed by atoms with Gasteiger partial charge < -0.3 is 4.90 Å². The summed E-state index contributed by atoms with van der Waals surface area (Å²) in [6, 6.07) is 12.6. The van der Waals surface area contributed by atoms with Crippen molar-refractivity contribution in [2.45, 2.75) is 51.6 Å². The molecule has 3 nitrogen and oxygen atoms in total. The van der Waals surface area contributed by atoms with Gasteiger partial charge in [-0.15, -0.1) is 0 Å². The van der Waals surface area contributed by atoms with Crippen LogP contribution in [0.4, 0.5) is 0 Å². The molecule has 0 saturated heterocycles. The van der Waals surface area contributed by atoms with Gasteiger partial charge in [0, 0.05) is 12.1 Å².